The molecule has 1 amide bonds. The minimum absolute atomic E-state index is 0.0149. The van der Waals surface area contributed by atoms with Crippen molar-refractivity contribution in [2.24, 2.45) is 4.99 Å². The van der Waals surface area contributed by atoms with Gasteiger partial charge in [0.25, 0.3) is 0 Å². The standard InChI is InChI=1S/C27H26N2O2S/c1-17-13-14-18(2)21(15-17)24(30)16-25-26(31)29(23-12-8-6-10-20(23)4)27(32-25)28-22-11-7-5-9-19(22)3/h5-15,25H,16H2,1-4H3. The number of hydrogen-bond donors (Lipinski definition) is 0. The van der Waals surface area contributed by atoms with Crippen molar-refractivity contribution in [3.8, 4) is 0 Å². The summed E-state index contributed by atoms with van der Waals surface area (Å²) in [5.74, 6) is -0.116. The van der Waals surface area contributed by atoms with Crippen molar-refractivity contribution < 1.29 is 9.59 Å². The molecule has 3 aromatic carbocycles. The number of hydrogen-bond acceptors (Lipinski definition) is 4. The van der Waals surface area contributed by atoms with Crippen LogP contribution in [0.25, 0.3) is 0 Å². The number of aryl methyl sites for hydroxylation is 4. The fourth-order valence-electron chi connectivity index (χ4n) is 3.82. The first-order valence-corrected chi connectivity index (χ1v) is 11.5. The zero-order chi connectivity index (χ0) is 22.8. The number of ketones is 1. The number of carbonyl (C=O) groups is 2. The molecule has 0 saturated carbocycles. The highest BCUT2D eigenvalue weighted by atomic mass is 32.2. The van der Waals surface area contributed by atoms with Crippen molar-refractivity contribution in [2.75, 3.05) is 4.90 Å². The molecule has 162 valence electrons. The number of carbonyl (C=O) groups excluding carboxylic acids is 2. The van der Waals surface area contributed by atoms with Crippen LogP contribution in [0.3, 0.4) is 0 Å². The molecule has 0 N–H and O–H groups in total. The molecule has 1 aliphatic heterocycles. The van der Waals surface area contributed by atoms with Crippen LogP contribution in [0.4, 0.5) is 11.4 Å². The zero-order valence-electron chi connectivity index (χ0n) is 18.8. The van der Waals surface area contributed by atoms with E-state index in [1.54, 1.807) is 4.90 Å². The summed E-state index contributed by atoms with van der Waals surface area (Å²) < 4.78 is 0. The van der Waals surface area contributed by atoms with Crippen molar-refractivity contribution in [1.29, 1.82) is 0 Å². The lowest BCUT2D eigenvalue weighted by molar-refractivity contribution is -0.116. The molecule has 32 heavy (non-hydrogen) atoms. The number of anilines is 1. The predicted molar refractivity (Wildman–Crippen MR) is 133 cm³/mol. The Morgan fingerprint density at radius 3 is 2.31 bits per heavy atom. The lowest BCUT2D eigenvalue weighted by Gasteiger charge is -2.19. The number of rotatable bonds is 5. The summed E-state index contributed by atoms with van der Waals surface area (Å²) in [5.41, 5.74) is 6.30. The van der Waals surface area contributed by atoms with Crippen LogP contribution in [0.15, 0.2) is 71.7 Å². The Kier molecular flexibility index (Phi) is 6.28. The highest BCUT2D eigenvalue weighted by Gasteiger charge is 2.40. The van der Waals surface area contributed by atoms with Crippen LogP contribution in [0, 0.1) is 27.7 Å². The molecular weight excluding hydrogens is 416 g/mol. The summed E-state index contributed by atoms with van der Waals surface area (Å²) in [7, 11) is 0. The molecule has 0 aromatic heterocycles. The van der Waals surface area contributed by atoms with Gasteiger partial charge in [0.15, 0.2) is 11.0 Å². The topological polar surface area (TPSA) is 49.7 Å². The molecule has 0 radical (unpaired) electrons. The largest absolute Gasteiger partial charge is 0.294 e. The molecule has 4 nitrogen and oxygen atoms in total. The maximum atomic E-state index is 13.5. The number of Topliss-reactive ketones (excluding diaryl/α,β-unsaturated/α-hetero) is 1. The van der Waals surface area contributed by atoms with Gasteiger partial charge in [-0.2, -0.15) is 0 Å². The Hall–Kier alpha value is -3.18. The van der Waals surface area contributed by atoms with Crippen molar-refractivity contribution in [2.45, 2.75) is 39.4 Å². The first-order valence-electron chi connectivity index (χ1n) is 10.7. The van der Waals surface area contributed by atoms with Gasteiger partial charge in [-0.05, 0) is 62.6 Å². The normalized spacial score (nSPS) is 17.2. The van der Waals surface area contributed by atoms with E-state index in [0.29, 0.717) is 10.7 Å². The fourth-order valence-corrected chi connectivity index (χ4v) is 4.96. The molecule has 5 heteroatoms. The molecule has 1 atom stereocenters. The van der Waals surface area contributed by atoms with Crippen molar-refractivity contribution in [1.82, 2.24) is 0 Å². The average molecular weight is 443 g/mol. The summed E-state index contributed by atoms with van der Waals surface area (Å²) >= 11 is 1.37. The summed E-state index contributed by atoms with van der Waals surface area (Å²) in [5, 5.41) is 0.0992. The van der Waals surface area contributed by atoms with Gasteiger partial charge in [0.2, 0.25) is 5.91 Å². The number of benzene rings is 3. The third-order valence-corrected chi connectivity index (χ3v) is 6.82. The van der Waals surface area contributed by atoms with Gasteiger partial charge < -0.3 is 0 Å². The predicted octanol–water partition coefficient (Wildman–Crippen LogP) is 6.33. The van der Waals surface area contributed by atoms with Gasteiger partial charge >= 0.3 is 0 Å². The van der Waals surface area contributed by atoms with Gasteiger partial charge in [0, 0.05) is 12.0 Å². The Balaban J connectivity index is 1.71. The SMILES string of the molecule is Cc1ccc(C)c(C(=O)CC2SC(=Nc3ccccc3C)N(c3ccccc3C)C2=O)c1. The maximum absolute atomic E-state index is 13.5. The lowest BCUT2D eigenvalue weighted by atomic mass is 9.99. The van der Waals surface area contributed by atoms with Crippen molar-refractivity contribution in [3.05, 3.63) is 94.5 Å². The van der Waals surface area contributed by atoms with Crippen LogP contribution in [-0.4, -0.2) is 22.1 Å². The third-order valence-electron chi connectivity index (χ3n) is 5.69. The van der Waals surface area contributed by atoms with E-state index in [1.165, 1.54) is 11.8 Å². The number of aliphatic imine (C=N–C) groups is 1. The molecule has 3 aromatic rings. The Bertz CT molecular complexity index is 1230. The van der Waals surface area contributed by atoms with Gasteiger partial charge in [-0.25, -0.2) is 4.99 Å². The van der Waals surface area contributed by atoms with Gasteiger partial charge in [-0.1, -0.05) is 65.9 Å². The fraction of sp³-hybridized carbons (Fsp3) is 0.222. The van der Waals surface area contributed by atoms with E-state index < -0.39 is 5.25 Å². The summed E-state index contributed by atoms with van der Waals surface area (Å²) in [6.07, 6.45) is 0.142. The van der Waals surface area contributed by atoms with E-state index in [9.17, 15) is 9.59 Å². The summed E-state index contributed by atoms with van der Waals surface area (Å²) in [4.78, 5) is 33.2. The van der Waals surface area contributed by atoms with E-state index in [-0.39, 0.29) is 18.1 Å². The van der Waals surface area contributed by atoms with Gasteiger partial charge in [-0.3, -0.25) is 14.5 Å². The first-order chi connectivity index (χ1) is 15.3. The van der Waals surface area contributed by atoms with E-state index in [0.717, 1.165) is 33.6 Å². The molecule has 1 unspecified atom stereocenters. The molecular formula is C27H26N2O2S. The molecule has 1 fully saturated rings. The summed E-state index contributed by atoms with van der Waals surface area (Å²) in [6.45, 7) is 7.88. The van der Waals surface area contributed by atoms with E-state index >= 15 is 0 Å². The Labute approximate surface area is 193 Å². The van der Waals surface area contributed by atoms with Crippen LogP contribution in [-0.2, 0) is 4.79 Å². The summed E-state index contributed by atoms with van der Waals surface area (Å²) in [6, 6.07) is 21.5. The first kappa shape index (κ1) is 22.0. The molecule has 4 rings (SSSR count). The molecule has 1 aliphatic rings. The van der Waals surface area contributed by atoms with E-state index in [2.05, 4.69) is 0 Å². The lowest BCUT2D eigenvalue weighted by Crippen LogP contribution is -2.33. The minimum Gasteiger partial charge on any atom is -0.294 e. The van der Waals surface area contributed by atoms with E-state index in [4.69, 9.17) is 4.99 Å². The number of nitrogens with zero attached hydrogens (tertiary/aromatic N) is 2. The van der Waals surface area contributed by atoms with Crippen LogP contribution in [0.5, 0.6) is 0 Å². The highest BCUT2D eigenvalue weighted by Crippen LogP contribution is 2.37. The van der Waals surface area contributed by atoms with Crippen molar-refractivity contribution in [3.63, 3.8) is 0 Å². The highest BCUT2D eigenvalue weighted by molar-refractivity contribution is 8.16. The number of thioether (sulfide) groups is 1. The molecule has 0 bridgehead atoms. The average Bonchev–Trinajstić information content (AvgIpc) is 3.06. The zero-order valence-corrected chi connectivity index (χ0v) is 19.6. The molecule has 1 saturated heterocycles. The van der Waals surface area contributed by atoms with Gasteiger partial charge in [0.1, 0.15) is 0 Å². The van der Waals surface area contributed by atoms with Crippen LogP contribution >= 0.6 is 11.8 Å². The Morgan fingerprint density at radius 2 is 1.59 bits per heavy atom. The van der Waals surface area contributed by atoms with Crippen LogP contribution in [0.2, 0.25) is 0 Å². The number of amides is 1. The molecule has 0 aliphatic carbocycles. The number of para-hydroxylation sites is 2. The van der Waals surface area contributed by atoms with Crippen LogP contribution < -0.4 is 4.90 Å². The second kappa shape index (κ2) is 9.13. The van der Waals surface area contributed by atoms with Crippen LogP contribution in [0.1, 0.15) is 39.0 Å². The smallest absolute Gasteiger partial charge is 0.247 e. The molecule has 1 heterocycles. The third kappa shape index (κ3) is 4.39. The monoisotopic (exact) mass is 442 g/mol. The maximum Gasteiger partial charge on any atom is 0.247 e. The Morgan fingerprint density at radius 1 is 0.906 bits per heavy atom. The molecule has 0 spiro atoms. The quantitative estimate of drug-likeness (QED) is 0.434. The minimum atomic E-state index is -0.509. The van der Waals surface area contributed by atoms with Gasteiger partial charge in [-0.15, -0.1) is 0 Å². The van der Waals surface area contributed by atoms with Gasteiger partial charge in [0.05, 0.1) is 16.6 Å². The van der Waals surface area contributed by atoms with E-state index in [1.807, 2.05) is 94.4 Å². The second-order valence-electron chi connectivity index (χ2n) is 8.19. The van der Waals surface area contributed by atoms with Crippen molar-refractivity contribution >= 4 is 40.0 Å². The second-order valence-corrected chi connectivity index (χ2v) is 9.36. The number of amidine groups is 1.